The van der Waals surface area contributed by atoms with E-state index in [1.165, 1.54) is 0 Å². The number of ether oxygens (including phenoxy) is 4. The van der Waals surface area contributed by atoms with Crippen LogP contribution in [0.1, 0.15) is 37.8 Å². The van der Waals surface area contributed by atoms with E-state index in [9.17, 15) is 0 Å². The lowest BCUT2D eigenvalue weighted by molar-refractivity contribution is -0.480. The van der Waals surface area contributed by atoms with Crippen molar-refractivity contribution in [3.8, 4) is 11.8 Å². The van der Waals surface area contributed by atoms with Crippen LogP contribution in [0.25, 0.3) is 0 Å². The van der Waals surface area contributed by atoms with Crippen molar-refractivity contribution < 1.29 is 18.9 Å². The van der Waals surface area contributed by atoms with Gasteiger partial charge in [-0.15, -0.1) is 0 Å². The molecule has 0 spiro atoms. The fourth-order valence-corrected chi connectivity index (χ4v) is 3.04. The lowest BCUT2D eigenvalue weighted by Gasteiger charge is -2.51. The Kier molecular flexibility index (Phi) is 5.03. The molecule has 1 aromatic rings. The highest BCUT2D eigenvalue weighted by atomic mass is 16.9. The minimum absolute atomic E-state index is 0.0290. The first-order valence-corrected chi connectivity index (χ1v) is 8.31. The van der Waals surface area contributed by atoms with Gasteiger partial charge in [0.05, 0.1) is 19.8 Å². The van der Waals surface area contributed by atoms with Crippen molar-refractivity contribution in [2.45, 2.75) is 32.7 Å². The highest BCUT2D eigenvalue weighted by Crippen LogP contribution is 2.46. The lowest BCUT2D eigenvalue weighted by Crippen LogP contribution is -2.58. The fraction of sp³-hybridized carbons (Fsp3) is 0.579. The summed E-state index contributed by atoms with van der Waals surface area (Å²) >= 11 is 0. The van der Waals surface area contributed by atoms with Gasteiger partial charge in [-0.3, -0.25) is 0 Å². The molecule has 0 saturated carbocycles. The molecule has 3 aliphatic heterocycles. The predicted molar refractivity (Wildman–Crippen MR) is 86.7 cm³/mol. The van der Waals surface area contributed by atoms with E-state index < -0.39 is 5.97 Å². The molecule has 3 aliphatic rings. The molecule has 124 valence electrons. The van der Waals surface area contributed by atoms with Crippen LogP contribution in [0.5, 0.6) is 0 Å². The molecule has 0 atom stereocenters. The van der Waals surface area contributed by atoms with Crippen LogP contribution in [0.2, 0.25) is 0 Å². The first-order chi connectivity index (χ1) is 11.2. The summed E-state index contributed by atoms with van der Waals surface area (Å²) in [6, 6.07) is 7.84. The monoisotopic (exact) mass is 316 g/mol. The van der Waals surface area contributed by atoms with Crippen LogP contribution in [0, 0.1) is 17.3 Å². The van der Waals surface area contributed by atoms with E-state index in [0.29, 0.717) is 33.0 Å². The van der Waals surface area contributed by atoms with Crippen LogP contribution in [-0.4, -0.2) is 33.0 Å². The van der Waals surface area contributed by atoms with E-state index >= 15 is 0 Å². The molecule has 3 fully saturated rings. The van der Waals surface area contributed by atoms with Crippen LogP contribution in [-0.2, 0) is 24.9 Å². The molecule has 4 heteroatoms. The van der Waals surface area contributed by atoms with E-state index in [-0.39, 0.29) is 5.41 Å². The molecule has 3 heterocycles. The second-order valence-corrected chi connectivity index (χ2v) is 6.19. The van der Waals surface area contributed by atoms with Crippen molar-refractivity contribution in [2.24, 2.45) is 5.41 Å². The maximum atomic E-state index is 5.96. The maximum absolute atomic E-state index is 5.96. The standard InChI is InChI=1S/C19H24O4/c1-3-11-18-13-21-19(22-14-18,23-15-18)17-9-7-16(8-10-17)6-5-12-20-4-2/h7-10H,3-4,11-15H2,1-2H3. The summed E-state index contributed by atoms with van der Waals surface area (Å²) < 4.78 is 23.1. The van der Waals surface area contributed by atoms with Gasteiger partial charge in [-0.25, -0.2) is 0 Å². The van der Waals surface area contributed by atoms with E-state index in [1.807, 2.05) is 31.2 Å². The average Bonchev–Trinajstić information content (AvgIpc) is 2.61. The van der Waals surface area contributed by atoms with E-state index in [2.05, 4.69) is 18.8 Å². The largest absolute Gasteiger partial charge is 0.369 e. The van der Waals surface area contributed by atoms with Crippen LogP contribution in [0.4, 0.5) is 0 Å². The van der Waals surface area contributed by atoms with Crippen molar-refractivity contribution in [3.05, 3.63) is 35.4 Å². The number of hydrogen-bond acceptors (Lipinski definition) is 4. The summed E-state index contributed by atoms with van der Waals surface area (Å²) in [6.45, 7) is 7.35. The number of rotatable bonds is 5. The Labute approximate surface area is 138 Å². The molecule has 0 aliphatic carbocycles. The highest BCUT2D eigenvalue weighted by molar-refractivity contribution is 5.37. The quantitative estimate of drug-likeness (QED) is 0.618. The second kappa shape index (κ2) is 7.02. The summed E-state index contributed by atoms with van der Waals surface area (Å²) in [5.74, 6) is 5.03. The van der Waals surface area contributed by atoms with Gasteiger partial charge in [0.1, 0.15) is 6.61 Å². The van der Waals surface area contributed by atoms with Crippen LogP contribution in [0.3, 0.4) is 0 Å². The summed E-state index contributed by atoms with van der Waals surface area (Å²) in [6.07, 6.45) is 2.18. The van der Waals surface area contributed by atoms with Crippen LogP contribution in [0.15, 0.2) is 24.3 Å². The number of benzene rings is 1. The first kappa shape index (κ1) is 16.5. The third-order valence-electron chi connectivity index (χ3n) is 4.33. The number of fused-ring (bicyclic) bond motifs is 3. The van der Waals surface area contributed by atoms with Gasteiger partial charge >= 0.3 is 5.97 Å². The number of hydrogen-bond donors (Lipinski definition) is 0. The first-order valence-electron chi connectivity index (χ1n) is 8.31. The molecule has 0 aromatic heterocycles. The maximum Gasteiger partial charge on any atom is 0.312 e. The molecule has 0 radical (unpaired) electrons. The van der Waals surface area contributed by atoms with Crippen LogP contribution < -0.4 is 0 Å². The SMILES string of the molecule is CCCC12COC(c3ccc(C#CCOCC)cc3)(OC1)OC2. The van der Waals surface area contributed by atoms with E-state index in [4.69, 9.17) is 18.9 Å². The van der Waals surface area contributed by atoms with Gasteiger partial charge in [0.2, 0.25) is 0 Å². The molecular weight excluding hydrogens is 292 g/mol. The van der Waals surface area contributed by atoms with Gasteiger partial charge in [0.25, 0.3) is 0 Å². The smallest absolute Gasteiger partial charge is 0.312 e. The molecule has 2 bridgehead atoms. The minimum Gasteiger partial charge on any atom is -0.369 e. The van der Waals surface area contributed by atoms with Crippen LogP contribution >= 0.6 is 0 Å². The Hall–Kier alpha value is -1.38. The molecule has 1 aromatic carbocycles. The molecule has 23 heavy (non-hydrogen) atoms. The summed E-state index contributed by atoms with van der Waals surface area (Å²) in [7, 11) is 0. The zero-order chi connectivity index (χ0) is 16.2. The van der Waals surface area contributed by atoms with Crippen molar-refractivity contribution >= 4 is 0 Å². The van der Waals surface area contributed by atoms with Crippen molar-refractivity contribution in [1.29, 1.82) is 0 Å². The van der Waals surface area contributed by atoms with Crippen molar-refractivity contribution in [3.63, 3.8) is 0 Å². The Bertz CT molecular complexity index is 557. The molecule has 4 rings (SSSR count). The zero-order valence-corrected chi connectivity index (χ0v) is 13.9. The van der Waals surface area contributed by atoms with E-state index in [0.717, 1.165) is 24.0 Å². The second-order valence-electron chi connectivity index (χ2n) is 6.19. The Morgan fingerprint density at radius 3 is 2.26 bits per heavy atom. The van der Waals surface area contributed by atoms with Crippen molar-refractivity contribution in [2.75, 3.05) is 33.0 Å². The normalized spacial score (nSPS) is 29.1. The Balaban J connectivity index is 1.67. The molecule has 3 saturated heterocycles. The molecule has 0 unspecified atom stereocenters. The van der Waals surface area contributed by atoms with Gasteiger partial charge < -0.3 is 18.9 Å². The predicted octanol–water partition coefficient (Wildman–Crippen LogP) is 3.05. The van der Waals surface area contributed by atoms with Gasteiger partial charge in [-0.2, -0.15) is 0 Å². The lowest BCUT2D eigenvalue weighted by atomic mass is 9.83. The Morgan fingerprint density at radius 1 is 1.04 bits per heavy atom. The van der Waals surface area contributed by atoms with Gasteiger partial charge in [0.15, 0.2) is 0 Å². The Morgan fingerprint density at radius 2 is 1.70 bits per heavy atom. The third kappa shape index (κ3) is 3.44. The summed E-state index contributed by atoms with van der Waals surface area (Å²) in [5.41, 5.74) is 1.86. The molecular formula is C19H24O4. The molecule has 0 amide bonds. The average molecular weight is 316 g/mol. The molecule has 4 nitrogen and oxygen atoms in total. The topological polar surface area (TPSA) is 36.9 Å². The molecule has 0 N–H and O–H groups in total. The highest BCUT2D eigenvalue weighted by Gasteiger charge is 2.53. The third-order valence-corrected chi connectivity index (χ3v) is 4.33. The zero-order valence-electron chi connectivity index (χ0n) is 13.9. The fourth-order valence-electron chi connectivity index (χ4n) is 3.04. The summed E-state index contributed by atoms with van der Waals surface area (Å²) in [4.78, 5) is 0. The van der Waals surface area contributed by atoms with Gasteiger partial charge in [0, 0.05) is 23.1 Å². The summed E-state index contributed by atoms with van der Waals surface area (Å²) in [5, 5.41) is 0. The minimum atomic E-state index is -1.03. The van der Waals surface area contributed by atoms with E-state index in [1.54, 1.807) is 0 Å². The van der Waals surface area contributed by atoms with Crippen molar-refractivity contribution in [1.82, 2.24) is 0 Å². The van der Waals surface area contributed by atoms with Gasteiger partial charge in [-0.1, -0.05) is 25.2 Å². The van der Waals surface area contributed by atoms with Gasteiger partial charge in [-0.05, 0) is 37.6 Å².